The van der Waals surface area contributed by atoms with Gasteiger partial charge in [-0.3, -0.25) is 0 Å². The number of rotatable bonds is 3. The number of thiophene rings is 1. The Morgan fingerprint density at radius 3 is 2.72 bits per heavy atom. The van der Waals surface area contributed by atoms with Crippen molar-refractivity contribution in [3.05, 3.63) is 34.0 Å². The first-order valence-electron chi connectivity index (χ1n) is 5.94. The summed E-state index contributed by atoms with van der Waals surface area (Å²) in [5.41, 5.74) is 0.750. The van der Waals surface area contributed by atoms with Gasteiger partial charge in [0.1, 0.15) is 5.82 Å². The molecule has 1 aliphatic rings. The number of aliphatic hydroxyl groups is 1. The van der Waals surface area contributed by atoms with Gasteiger partial charge in [-0.15, -0.1) is 11.3 Å². The van der Waals surface area contributed by atoms with Crippen molar-refractivity contribution >= 4 is 27.3 Å². The summed E-state index contributed by atoms with van der Waals surface area (Å²) in [6.07, 6.45) is 4.92. The van der Waals surface area contributed by atoms with Crippen LogP contribution in [-0.2, 0) is 5.41 Å². The van der Waals surface area contributed by atoms with Crippen LogP contribution < -0.4 is 0 Å². The number of aromatic nitrogens is 2. The van der Waals surface area contributed by atoms with Crippen molar-refractivity contribution in [3.63, 3.8) is 0 Å². The van der Waals surface area contributed by atoms with Gasteiger partial charge in [0, 0.05) is 6.20 Å². The largest absolute Gasteiger partial charge is 0.395 e. The number of aliphatic hydroxyl groups excluding tert-OH is 1. The molecule has 3 rings (SSSR count). The molecule has 1 fully saturated rings. The van der Waals surface area contributed by atoms with E-state index in [1.165, 1.54) is 0 Å². The molecule has 0 spiro atoms. The van der Waals surface area contributed by atoms with Gasteiger partial charge in [-0.1, -0.05) is 6.42 Å². The van der Waals surface area contributed by atoms with Crippen LogP contribution >= 0.6 is 27.3 Å². The molecule has 94 valence electrons. The minimum atomic E-state index is -0.190. The van der Waals surface area contributed by atoms with E-state index in [1.807, 2.05) is 18.2 Å². The van der Waals surface area contributed by atoms with Crippen molar-refractivity contribution in [1.29, 1.82) is 0 Å². The van der Waals surface area contributed by atoms with Gasteiger partial charge < -0.3 is 5.11 Å². The molecule has 0 amide bonds. The SMILES string of the molecule is OCC1(c2nccc(-c3ccc(Br)s3)n2)CCC1. The summed E-state index contributed by atoms with van der Waals surface area (Å²) < 4.78 is 1.10. The van der Waals surface area contributed by atoms with E-state index in [9.17, 15) is 5.11 Å². The van der Waals surface area contributed by atoms with E-state index in [1.54, 1.807) is 17.5 Å². The zero-order valence-electron chi connectivity index (χ0n) is 9.77. The van der Waals surface area contributed by atoms with Gasteiger partial charge >= 0.3 is 0 Å². The van der Waals surface area contributed by atoms with E-state index >= 15 is 0 Å². The molecular weight excluding hydrogens is 312 g/mol. The molecule has 5 heteroatoms. The molecule has 3 nitrogen and oxygen atoms in total. The van der Waals surface area contributed by atoms with Crippen molar-refractivity contribution in [3.8, 4) is 10.6 Å². The maximum absolute atomic E-state index is 9.57. The standard InChI is InChI=1S/C13H13BrN2OS/c14-11-3-2-10(18-11)9-4-7-15-12(16-9)13(8-17)5-1-6-13/h2-4,7,17H,1,5-6,8H2. The maximum Gasteiger partial charge on any atom is 0.137 e. The molecule has 2 aromatic heterocycles. The second kappa shape index (κ2) is 4.72. The molecule has 0 aromatic carbocycles. The van der Waals surface area contributed by atoms with Crippen LogP contribution in [0.25, 0.3) is 10.6 Å². The van der Waals surface area contributed by atoms with Crippen LogP contribution in [0.1, 0.15) is 25.1 Å². The van der Waals surface area contributed by atoms with Crippen LogP contribution in [0.4, 0.5) is 0 Å². The first-order valence-corrected chi connectivity index (χ1v) is 7.55. The predicted octanol–water partition coefficient (Wildman–Crippen LogP) is 3.38. The monoisotopic (exact) mass is 324 g/mol. The second-order valence-corrected chi connectivity index (χ2v) is 7.12. The lowest BCUT2D eigenvalue weighted by molar-refractivity contribution is 0.112. The highest BCUT2D eigenvalue weighted by Crippen LogP contribution is 2.42. The van der Waals surface area contributed by atoms with E-state index in [-0.39, 0.29) is 12.0 Å². The molecule has 18 heavy (non-hydrogen) atoms. The molecule has 0 atom stereocenters. The molecule has 0 aliphatic heterocycles. The Morgan fingerprint density at radius 1 is 1.33 bits per heavy atom. The van der Waals surface area contributed by atoms with Gasteiger partial charge in [-0.25, -0.2) is 9.97 Å². The van der Waals surface area contributed by atoms with Gasteiger partial charge in [0.25, 0.3) is 0 Å². The van der Waals surface area contributed by atoms with Crippen LogP contribution in [-0.4, -0.2) is 21.7 Å². The van der Waals surface area contributed by atoms with E-state index in [0.717, 1.165) is 39.4 Å². The van der Waals surface area contributed by atoms with Gasteiger partial charge in [0.2, 0.25) is 0 Å². The van der Waals surface area contributed by atoms with Crippen LogP contribution in [0.5, 0.6) is 0 Å². The fraction of sp³-hybridized carbons (Fsp3) is 0.385. The van der Waals surface area contributed by atoms with E-state index in [2.05, 4.69) is 25.9 Å². The molecular formula is C13H13BrN2OS. The molecule has 1 aliphatic carbocycles. The highest BCUT2D eigenvalue weighted by atomic mass is 79.9. The second-order valence-electron chi connectivity index (χ2n) is 4.66. The van der Waals surface area contributed by atoms with Gasteiger partial charge in [-0.2, -0.15) is 0 Å². The Balaban J connectivity index is 1.99. The van der Waals surface area contributed by atoms with Gasteiger partial charge in [0.15, 0.2) is 0 Å². The zero-order chi connectivity index (χ0) is 12.6. The fourth-order valence-corrected chi connectivity index (χ4v) is 3.62. The smallest absolute Gasteiger partial charge is 0.137 e. The lowest BCUT2D eigenvalue weighted by Crippen LogP contribution is -2.39. The minimum absolute atomic E-state index is 0.143. The third-order valence-electron chi connectivity index (χ3n) is 3.57. The Hall–Kier alpha value is -0.780. The summed E-state index contributed by atoms with van der Waals surface area (Å²) in [5, 5.41) is 9.57. The van der Waals surface area contributed by atoms with Crippen LogP contribution in [0.15, 0.2) is 28.2 Å². The molecule has 2 aromatic rings. The number of hydrogen-bond acceptors (Lipinski definition) is 4. The molecule has 0 unspecified atom stereocenters. The van der Waals surface area contributed by atoms with Gasteiger partial charge in [0.05, 0.1) is 26.4 Å². The highest BCUT2D eigenvalue weighted by molar-refractivity contribution is 9.11. The summed E-state index contributed by atoms with van der Waals surface area (Å²) in [6.45, 7) is 0.143. The first-order chi connectivity index (χ1) is 8.73. The summed E-state index contributed by atoms with van der Waals surface area (Å²) in [5.74, 6) is 0.790. The zero-order valence-corrected chi connectivity index (χ0v) is 12.2. The quantitative estimate of drug-likeness (QED) is 0.941. The maximum atomic E-state index is 9.57. The predicted molar refractivity (Wildman–Crippen MR) is 75.7 cm³/mol. The van der Waals surface area contributed by atoms with Crippen molar-refractivity contribution in [2.24, 2.45) is 0 Å². The normalized spacial score (nSPS) is 17.4. The average molecular weight is 325 g/mol. The van der Waals surface area contributed by atoms with Crippen molar-refractivity contribution < 1.29 is 5.11 Å². The van der Waals surface area contributed by atoms with Crippen molar-refractivity contribution in [2.45, 2.75) is 24.7 Å². The summed E-state index contributed by atoms with van der Waals surface area (Å²) >= 11 is 5.12. The van der Waals surface area contributed by atoms with Gasteiger partial charge in [-0.05, 0) is 47.0 Å². The lowest BCUT2D eigenvalue weighted by Gasteiger charge is -2.38. The van der Waals surface area contributed by atoms with Crippen molar-refractivity contribution in [2.75, 3.05) is 6.61 Å². The molecule has 1 saturated carbocycles. The van der Waals surface area contributed by atoms with E-state index in [4.69, 9.17) is 0 Å². The van der Waals surface area contributed by atoms with E-state index < -0.39 is 0 Å². The average Bonchev–Trinajstić information content (AvgIpc) is 2.76. The number of halogens is 1. The van der Waals surface area contributed by atoms with Crippen LogP contribution in [0.2, 0.25) is 0 Å². The third kappa shape index (κ3) is 2.00. The minimum Gasteiger partial charge on any atom is -0.395 e. The molecule has 0 bridgehead atoms. The molecule has 1 N–H and O–H groups in total. The topological polar surface area (TPSA) is 46.0 Å². The summed E-state index contributed by atoms with van der Waals surface area (Å²) in [6, 6.07) is 5.99. The summed E-state index contributed by atoms with van der Waals surface area (Å²) in [4.78, 5) is 10.1. The number of hydrogen-bond donors (Lipinski definition) is 1. The fourth-order valence-electron chi connectivity index (χ4n) is 2.26. The first kappa shape index (κ1) is 12.3. The molecule has 0 saturated heterocycles. The third-order valence-corrected chi connectivity index (χ3v) is 5.22. The molecule has 2 heterocycles. The van der Waals surface area contributed by atoms with E-state index in [0.29, 0.717) is 0 Å². The van der Waals surface area contributed by atoms with Crippen molar-refractivity contribution in [1.82, 2.24) is 9.97 Å². The van der Waals surface area contributed by atoms with Crippen LogP contribution in [0.3, 0.4) is 0 Å². The molecule has 0 radical (unpaired) electrons. The Labute approximate surface area is 118 Å². The Morgan fingerprint density at radius 2 is 2.17 bits per heavy atom. The Bertz CT molecular complexity index is 560. The summed E-state index contributed by atoms with van der Waals surface area (Å²) in [7, 11) is 0. The lowest BCUT2D eigenvalue weighted by atomic mass is 9.68. The van der Waals surface area contributed by atoms with Crippen LogP contribution in [0, 0.1) is 0 Å². The Kier molecular flexibility index (Phi) is 3.21. The highest BCUT2D eigenvalue weighted by Gasteiger charge is 2.40. The number of nitrogens with zero attached hydrogens (tertiary/aromatic N) is 2.